The molecule has 0 rings (SSSR count). The summed E-state index contributed by atoms with van der Waals surface area (Å²) < 4.78 is 16.8. The number of carbonyl (C=O) groups is 3. The van der Waals surface area contributed by atoms with Crippen LogP contribution >= 0.6 is 0 Å². The molecule has 0 saturated heterocycles. The molecule has 0 aliphatic carbocycles. The molecule has 0 bridgehead atoms. The molecule has 6 nitrogen and oxygen atoms in total. The summed E-state index contributed by atoms with van der Waals surface area (Å²) in [5.74, 6) is 1.61. The van der Waals surface area contributed by atoms with Crippen molar-refractivity contribution in [2.24, 2.45) is 17.8 Å². The highest BCUT2D eigenvalue weighted by Crippen LogP contribution is 2.18. The highest BCUT2D eigenvalue weighted by atomic mass is 16.6. The van der Waals surface area contributed by atoms with Crippen molar-refractivity contribution in [3.8, 4) is 0 Å². The molecular formula is C52H100O6. The van der Waals surface area contributed by atoms with E-state index >= 15 is 0 Å². The minimum atomic E-state index is -0.763. The van der Waals surface area contributed by atoms with Gasteiger partial charge in [0, 0.05) is 19.3 Å². The summed E-state index contributed by atoms with van der Waals surface area (Å²) in [4.78, 5) is 37.8. The Morgan fingerprint density at radius 1 is 0.345 bits per heavy atom. The third-order valence-electron chi connectivity index (χ3n) is 12.0. The van der Waals surface area contributed by atoms with Crippen LogP contribution in [0.3, 0.4) is 0 Å². The van der Waals surface area contributed by atoms with E-state index in [0.717, 1.165) is 75.5 Å². The first-order valence-corrected chi connectivity index (χ1v) is 25.6. The Hall–Kier alpha value is -1.59. The van der Waals surface area contributed by atoms with Crippen molar-refractivity contribution in [1.29, 1.82) is 0 Å². The summed E-state index contributed by atoms with van der Waals surface area (Å²) in [7, 11) is 0. The number of hydrogen-bond donors (Lipinski definition) is 0. The van der Waals surface area contributed by atoms with Crippen LogP contribution in [0.1, 0.15) is 279 Å². The Bertz CT molecular complexity index is 900. The predicted octanol–water partition coefficient (Wildman–Crippen LogP) is 16.4. The zero-order valence-corrected chi connectivity index (χ0v) is 39.8. The largest absolute Gasteiger partial charge is 0.462 e. The lowest BCUT2D eigenvalue weighted by atomic mass is 9.99. The van der Waals surface area contributed by atoms with E-state index in [1.54, 1.807) is 0 Å². The summed E-state index contributed by atoms with van der Waals surface area (Å²) in [5.41, 5.74) is 0. The molecule has 0 saturated carbocycles. The Labute approximate surface area is 361 Å². The van der Waals surface area contributed by atoms with Crippen LogP contribution in [0, 0.1) is 17.8 Å². The second-order valence-electron chi connectivity index (χ2n) is 19.0. The molecule has 0 aromatic heterocycles. The van der Waals surface area contributed by atoms with E-state index in [4.69, 9.17) is 14.2 Å². The van der Waals surface area contributed by atoms with Crippen LogP contribution in [0.2, 0.25) is 0 Å². The lowest BCUT2D eigenvalue weighted by Crippen LogP contribution is -2.30. The Morgan fingerprint density at radius 3 is 0.897 bits per heavy atom. The summed E-state index contributed by atoms with van der Waals surface area (Å²) in [5, 5.41) is 0. The van der Waals surface area contributed by atoms with Gasteiger partial charge >= 0.3 is 17.9 Å². The Morgan fingerprint density at radius 2 is 0.603 bits per heavy atom. The molecule has 6 heteroatoms. The van der Waals surface area contributed by atoms with Crippen LogP contribution < -0.4 is 0 Å². The van der Waals surface area contributed by atoms with Crippen LogP contribution in [0.4, 0.5) is 0 Å². The molecule has 58 heavy (non-hydrogen) atoms. The van der Waals surface area contributed by atoms with Gasteiger partial charge in [0.1, 0.15) is 13.2 Å². The van der Waals surface area contributed by atoms with E-state index in [0.29, 0.717) is 19.3 Å². The number of esters is 3. The highest BCUT2D eigenvalue weighted by molar-refractivity contribution is 5.71. The van der Waals surface area contributed by atoms with Gasteiger partial charge in [-0.1, -0.05) is 241 Å². The topological polar surface area (TPSA) is 78.9 Å². The maximum Gasteiger partial charge on any atom is 0.306 e. The van der Waals surface area contributed by atoms with Gasteiger partial charge in [-0.2, -0.15) is 0 Å². The molecule has 0 radical (unpaired) electrons. The Kier molecular flexibility index (Phi) is 42.3. The molecule has 0 spiro atoms. The zero-order valence-electron chi connectivity index (χ0n) is 39.8. The van der Waals surface area contributed by atoms with E-state index in [1.165, 1.54) is 161 Å². The fraction of sp³-hybridized carbons (Fsp3) is 0.942. The SMILES string of the molecule is CCC(C)CCCCCCCCCCCCCCCCC(=O)OC[C@H](COC(=O)CCCCCCCCCCCCC(C)C)OC(=O)CCCCCCCCC(C)C. The molecule has 344 valence electrons. The maximum absolute atomic E-state index is 12.7. The fourth-order valence-electron chi connectivity index (χ4n) is 7.73. The molecule has 0 aliphatic heterocycles. The molecule has 0 heterocycles. The zero-order chi connectivity index (χ0) is 42.7. The van der Waals surface area contributed by atoms with Crippen LogP contribution in [0.25, 0.3) is 0 Å². The summed E-state index contributed by atoms with van der Waals surface area (Å²) in [6, 6.07) is 0. The van der Waals surface area contributed by atoms with E-state index in [-0.39, 0.29) is 31.1 Å². The average molecular weight is 821 g/mol. The number of rotatable bonds is 45. The third kappa shape index (κ3) is 44.0. The molecule has 1 unspecified atom stereocenters. The normalized spacial score (nSPS) is 12.6. The molecule has 0 aromatic rings. The second-order valence-corrected chi connectivity index (χ2v) is 19.0. The molecule has 0 aliphatic rings. The van der Waals surface area contributed by atoms with E-state index in [1.807, 2.05) is 0 Å². The van der Waals surface area contributed by atoms with E-state index < -0.39 is 6.10 Å². The van der Waals surface area contributed by atoms with Crippen molar-refractivity contribution in [2.45, 2.75) is 285 Å². The highest BCUT2D eigenvalue weighted by Gasteiger charge is 2.19. The molecule has 0 amide bonds. The molecule has 0 fully saturated rings. The van der Waals surface area contributed by atoms with Crippen LogP contribution in [0.5, 0.6) is 0 Å². The van der Waals surface area contributed by atoms with Crippen molar-refractivity contribution < 1.29 is 28.6 Å². The first-order valence-electron chi connectivity index (χ1n) is 25.6. The number of hydrogen-bond acceptors (Lipinski definition) is 6. The second kappa shape index (κ2) is 43.5. The number of carbonyl (C=O) groups excluding carboxylic acids is 3. The standard InChI is InChI=1S/C52H100O6/c1-7-48(6)40-34-28-21-17-12-10-8-9-11-13-18-22-29-35-41-50(53)56-44-49(58-52(55)43-37-31-25-24-27-33-39-47(4)5)45-57-51(54)42-36-30-23-19-15-14-16-20-26-32-38-46(2)3/h46-49H,7-45H2,1-6H3/t48?,49-/m1/s1. The van der Waals surface area contributed by atoms with E-state index in [9.17, 15) is 14.4 Å². The lowest BCUT2D eigenvalue weighted by Gasteiger charge is -2.18. The summed E-state index contributed by atoms with van der Waals surface area (Å²) in [6.45, 7) is 13.7. The van der Waals surface area contributed by atoms with Gasteiger partial charge in [-0.25, -0.2) is 0 Å². The van der Waals surface area contributed by atoms with Crippen LogP contribution in [0.15, 0.2) is 0 Å². The number of ether oxygens (including phenoxy) is 3. The number of unbranched alkanes of at least 4 members (excludes halogenated alkanes) is 27. The van der Waals surface area contributed by atoms with Crippen molar-refractivity contribution in [3.05, 3.63) is 0 Å². The quantitative estimate of drug-likeness (QED) is 0.0346. The van der Waals surface area contributed by atoms with Gasteiger partial charge in [-0.05, 0) is 37.0 Å². The first kappa shape index (κ1) is 56.4. The molecule has 0 N–H and O–H groups in total. The summed E-state index contributed by atoms with van der Waals surface area (Å²) >= 11 is 0. The van der Waals surface area contributed by atoms with Gasteiger partial charge in [-0.15, -0.1) is 0 Å². The third-order valence-corrected chi connectivity index (χ3v) is 12.0. The first-order chi connectivity index (χ1) is 28.1. The smallest absolute Gasteiger partial charge is 0.306 e. The van der Waals surface area contributed by atoms with Crippen molar-refractivity contribution >= 4 is 17.9 Å². The van der Waals surface area contributed by atoms with Gasteiger partial charge in [0.2, 0.25) is 0 Å². The molecule has 0 aromatic carbocycles. The monoisotopic (exact) mass is 821 g/mol. The minimum Gasteiger partial charge on any atom is -0.462 e. The van der Waals surface area contributed by atoms with Gasteiger partial charge in [0.25, 0.3) is 0 Å². The minimum absolute atomic E-state index is 0.0658. The predicted molar refractivity (Wildman–Crippen MR) is 247 cm³/mol. The van der Waals surface area contributed by atoms with Gasteiger partial charge in [-0.3, -0.25) is 14.4 Å². The lowest BCUT2D eigenvalue weighted by molar-refractivity contribution is -0.167. The van der Waals surface area contributed by atoms with Crippen molar-refractivity contribution in [3.63, 3.8) is 0 Å². The summed E-state index contributed by atoms with van der Waals surface area (Å²) in [6.07, 6.45) is 42.4. The molecule has 2 atom stereocenters. The molecular weight excluding hydrogens is 721 g/mol. The van der Waals surface area contributed by atoms with Crippen LogP contribution in [-0.2, 0) is 28.6 Å². The van der Waals surface area contributed by atoms with Gasteiger partial charge in [0.05, 0.1) is 0 Å². The fourth-order valence-corrected chi connectivity index (χ4v) is 7.73. The average Bonchev–Trinajstić information content (AvgIpc) is 3.19. The van der Waals surface area contributed by atoms with E-state index in [2.05, 4.69) is 41.5 Å². The van der Waals surface area contributed by atoms with Gasteiger partial charge in [0.15, 0.2) is 6.10 Å². The maximum atomic E-state index is 12.7. The van der Waals surface area contributed by atoms with Crippen molar-refractivity contribution in [2.75, 3.05) is 13.2 Å². The van der Waals surface area contributed by atoms with Crippen LogP contribution in [-0.4, -0.2) is 37.2 Å². The van der Waals surface area contributed by atoms with Gasteiger partial charge < -0.3 is 14.2 Å². The van der Waals surface area contributed by atoms with Crippen molar-refractivity contribution in [1.82, 2.24) is 0 Å². The Balaban J connectivity index is 4.24.